The highest BCUT2D eigenvalue weighted by Gasteiger charge is 2.21. The summed E-state index contributed by atoms with van der Waals surface area (Å²) in [5, 5.41) is 8.82. The number of rotatable bonds is 3. The van der Waals surface area contributed by atoms with Gasteiger partial charge in [0.2, 0.25) is 0 Å². The molecule has 1 aliphatic heterocycles. The zero-order chi connectivity index (χ0) is 13.8. The number of carbonyl (C=O) groups excluding carboxylic acids is 1. The number of carboxylic acids is 1. The molecule has 19 heavy (non-hydrogen) atoms. The summed E-state index contributed by atoms with van der Waals surface area (Å²) in [5.74, 6) is -0.937. The minimum absolute atomic E-state index is 0.0415. The van der Waals surface area contributed by atoms with Gasteiger partial charge in [0.25, 0.3) is 0 Å². The number of benzene rings is 1. The number of hydrogen-bond donors (Lipinski definition) is 1. The Bertz CT molecular complexity index is 464. The van der Waals surface area contributed by atoms with Gasteiger partial charge in [-0.05, 0) is 30.5 Å². The molecule has 0 aromatic heterocycles. The number of aromatic carboxylic acids is 1. The predicted molar refractivity (Wildman–Crippen MR) is 71.1 cm³/mol. The Morgan fingerprint density at radius 1 is 1.21 bits per heavy atom. The standard InChI is InChI=1S/C14H18N2O3/c1-15(14(19)16-8-2-3-9-16)10-11-4-6-12(7-5-11)13(17)18/h4-7H,2-3,8-10H2,1H3,(H,17,18). The first-order valence-corrected chi connectivity index (χ1v) is 6.40. The summed E-state index contributed by atoms with van der Waals surface area (Å²) in [6.07, 6.45) is 2.15. The van der Waals surface area contributed by atoms with Gasteiger partial charge < -0.3 is 14.9 Å². The van der Waals surface area contributed by atoms with Crippen LogP contribution in [0.25, 0.3) is 0 Å². The van der Waals surface area contributed by atoms with Gasteiger partial charge in [-0.3, -0.25) is 0 Å². The second-order valence-electron chi connectivity index (χ2n) is 4.83. The van der Waals surface area contributed by atoms with Crippen LogP contribution in [0, 0.1) is 0 Å². The molecule has 0 bridgehead atoms. The molecule has 0 atom stereocenters. The Hall–Kier alpha value is -2.04. The summed E-state index contributed by atoms with van der Waals surface area (Å²) in [5.41, 5.74) is 1.19. The Morgan fingerprint density at radius 2 is 1.79 bits per heavy atom. The minimum atomic E-state index is -0.937. The van der Waals surface area contributed by atoms with Gasteiger partial charge in [0.1, 0.15) is 0 Å². The van der Waals surface area contributed by atoms with E-state index >= 15 is 0 Å². The van der Waals surface area contributed by atoms with Crippen LogP contribution < -0.4 is 0 Å². The van der Waals surface area contributed by atoms with E-state index in [1.54, 1.807) is 36.2 Å². The number of carbonyl (C=O) groups is 2. The lowest BCUT2D eigenvalue weighted by molar-refractivity contribution is 0.0697. The Kier molecular flexibility index (Phi) is 4.04. The molecule has 1 heterocycles. The van der Waals surface area contributed by atoms with Crippen molar-refractivity contribution in [1.29, 1.82) is 0 Å². The number of hydrogen-bond acceptors (Lipinski definition) is 2. The molecule has 1 aliphatic rings. The fourth-order valence-corrected chi connectivity index (χ4v) is 2.24. The normalized spacial score (nSPS) is 14.5. The molecule has 2 amide bonds. The van der Waals surface area contributed by atoms with Gasteiger partial charge in [-0.15, -0.1) is 0 Å². The van der Waals surface area contributed by atoms with Crippen LogP contribution in [0.3, 0.4) is 0 Å². The van der Waals surface area contributed by atoms with E-state index in [2.05, 4.69) is 0 Å². The van der Waals surface area contributed by atoms with Gasteiger partial charge >= 0.3 is 12.0 Å². The maximum absolute atomic E-state index is 12.1. The lowest BCUT2D eigenvalue weighted by Gasteiger charge is -2.24. The van der Waals surface area contributed by atoms with Crippen LogP contribution in [0.15, 0.2) is 24.3 Å². The van der Waals surface area contributed by atoms with Crippen molar-refractivity contribution >= 4 is 12.0 Å². The molecular formula is C14H18N2O3. The van der Waals surface area contributed by atoms with E-state index in [1.807, 2.05) is 4.90 Å². The van der Waals surface area contributed by atoms with Crippen LogP contribution in [0.5, 0.6) is 0 Å². The van der Waals surface area contributed by atoms with E-state index in [1.165, 1.54) is 0 Å². The number of urea groups is 1. The number of carboxylic acid groups (broad SMARTS) is 1. The van der Waals surface area contributed by atoms with Crippen molar-refractivity contribution in [2.45, 2.75) is 19.4 Å². The predicted octanol–water partition coefficient (Wildman–Crippen LogP) is 2.03. The Labute approximate surface area is 112 Å². The summed E-state index contributed by atoms with van der Waals surface area (Å²) in [6, 6.07) is 6.66. The van der Waals surface area contributed by atoms with Gasteiger partial charge in [0.05, 0.1) is 5.56 Å². The summed E-state index contributed by atoms with van der Waals surface area (Å²) in [6.45, 7) is 2.16. The molecular weight excluding hydrogens is 244 g/mol. The molecule has 1 aromatic carbocycles. The third-order valence-corrected chi connectivity index (χ3v) is 3.32. The summed E-state index contributed by atoms with van der Waals surface area (Å²) >= 11 is 0. The average Bonchev–Trinajstić information content (AvgIpc) is 2.92. The molecule has 0 unspecified atom stereocenters. The van der Waals surface area contributed by atoms with Crippen LogP contribution in [0.4, 0.5) is 4.79 Å². The smallest absolute Gasteiger partial charge is 0.335 e. The second-order valence-corrected chi connectivity index (χ2v) is 4.83. The monoisotopic (exact) mass is 262 g/mol. The molecule has 0 spiro atoms. The Balaban J connectivity index is 1.96. The minimum Gasteiger partial charge on any atom is -0.478 e. The van der Waals surface area contributed by atoms with Gasteiger partial charge in [0, 0.05) is 26.7 Å². The maximum Gasteiger partial charge on any atom is 0.335 e. The first kappa shape index (κ1) is 13.4. The van der Waals surface area contributed by atoms with Crippen LogP contribution in [-0.2, 0) is 6.54 Å². The molecule has 0 aliphatic carbocycles. The largest absolute Gasteiger partial charge is 0.478 e. The van der Waals surface area contributed by atoms with E-state index in [4.69, 9.17) is 5.11 Å². The topological polar surface area (TPSA) is 60.9 Å². The fraction of sp³-hybridized carbons (Fsp3) is 0.429. The van der Waals surface area contributed by atoms with E-state index in [0.717, 1.165) is 31.5 Å². The van der Waals surface area contributed by atoms with Crippen LogP contribution in [0.2, 0.25) is 0 Å². The number of amides is 2. The molecule has 2 rings (SSSR count). The SMILES string of the molecule is CN(Cc1ccc(C(=O)O)cc1)C(=O)N1CCCC1. The first-order chi connectivity index (χ1) is 9.08. The molecule has 102 valence electrons. The van der Waals surface area contributed by atoms with E-state index in [0.29, 0.717) is 6.54 Å². The average molecular weight is 262 g/mol. The molecule has 0 radical (unpaired) electrons. The zero-order valence-electron chi connectivity index (χ0n) is 11.0. The lowest BCUT2D eigenvalue weighted by atomic mass is 10.1. The van der Waals surface area contributed by atoms with Crippen molar-refractivity contribution in [3.8, 4) is 0 Å². The maximum atomic E-state index is 12.1. The van der Waals surface area contributed by atoms with Gasteiger partial charge in [0.15, 0.2) is 0 Å². The van der Waals surface area contributed by atoms with E-state index in [9.17, 15) is 9.59 Å². The molecule has 5 heteroatoms. The number of nitrogens with zero attached hydrogens (tertiary/aromatic N) is 2. The fourth-order valence-electron chi connectivity index (χ4n) is 2.24. The van der Waals surface area contributed by atoms with E-state index in [-0.39, 0.29) is 11.6 Å². The molecule has 1 aromatic rings. The third-order valence-electron chi connectivity index (χ3n) is 3.32. The highest BCUT2D eigenvalue weighted by Crippen LogP contribution is 2.12. The third kappa shape index (κ3) is 3.24. The van der Waals surface area contributed by atoms with E-state index < -0.39 is 5.97 Å². The van der Waals surface area contributed by atoms with Crippen molar-refractivity contribution in [1.82, 2.24) is 9.80 Å². The second kappa shape index (κ2) is 5.73. The van der Waals surface area contributed by atoms with Crippen molar-refractivity contribution in [2.24, 2.45) is 0 Å². The van der Waals surface area contributed by atoms with Crippen LogP contribution >= 0.6 is 0 Å². The quantitative estimate of drug-likeness (QED) is 0.906. The van der Waals surface area contributed by atoms with Crippen molar-refractivity contribution in [3.05, 3.63) is 35.4 Å². The molecule has 5 nitrogen and oxygen atoms in total. The zero-order valence-corrected chi connectivity index (χ0v) is 11.0. The lowest BCUT2D eigenvalue weighted by Crippen LogP contribution is -2.38. The summed E-state index contributed by atoms with van der Waals surface area (Å²) in [7, 11) is 1.77. The summed E-state index contributed by atoms with van der Waals surface area (Å²) < 4.78 is 0. The van der Waals surface area contributed by atoms with Gasteiger partial charge in [-0.1, -0.05) is 12.1 Å². The van der Waals surface area contributed by atoms with Crippen LogP contribution in [0.1, 0.15) is 28.8 Å². The first-order valence-electron chi connectivity index (χ1n) is 6.40. The van der Waals surface area contributed by atoms with Crippen LogP contribution in [-0.4, -0.2) is 47.0 Å². The van der Waals surface area contributed by atoms with Gasteiger partial charge in [-0.25, -0.2) is 9.59 Å². The van der Waals surface area contributed by atoms with Gasteiger partial charge in [-0.2, -0.15) is 0 Å². The molecule has 1 N–H and O–H groups in total. The van der Waals surface area contributed by atoms with Crippen molar-refractivity contribution in [2.75, 3.05) is 20.1 Å². The highest BCUT2D eigenvalue weighted by molar-refractivity contribution is 5.87. The summed E-state index contributed by atoms with van der Waals surface area (Å²) in [4.78, 5) is 26.3. The molecule has 0 saturated carbocycles. The Morgan fingerprint density at radius 3 is 2.32 bits per heavy atom. The highest BCUT2D eigenvalue weighted by atomic mass is 16.4. The molecule has 1 fully saturated rings. The molecule has 1 saturated heterocycles. The van der Waals surface area contributed by atoms with Crippen molar-refractivity contribution < 1.29 is 14.7 Å². The number of likely N-dealkylation sites (tertiary alicyclic amines) is 1. The van der Waals surface area contributed by atoms with Crippen molar-refractivity contribution in [3.63, 3.8) is 0 Å².